The molecule has 0 saturated heterocycles. The first-order valence-electron chi connectivity index (χ1n) is 5.95. The number of carbonyl (C=O) groups is 1. The molecule has 1 radical (unpaired) electrons. The Labute approximate surface area is 144 Å². The standard InChI is InChI=1S/C14H18NO4.Y/c1-14(2,3)19-13(18)15-11(9-16)8-10-4-6-12(17)7-5-10;/h4-7,11,17H,8H2,1-3H3,(H,15,18);/q-1;/t11-;/m0./s1. The number of ether oxygens (including phenoxy) is 1. The Morgan fingerprint density at radius 1 is 1.35 bits per heavy atom. The smallest absolute Gasteiger partial charge is 0.405 e. The average Bonchev–Trinajstić information content (AvgIpc) is 2.28. The number of phenolic OH excluding ortho intramolecular Hbond substituents is 1. The number of hydrogen-bond acceptors (Lipinski definition) is 4. The summed E-state index contributed by atoms with van der Waals surface area (Å²) in [5.41, 5.74) is 0.193. The molecule has 0 spiro atoms. The van der Waals surface area contributed by atoms with E-state index in [0.717, 1.165) is 5.56 Å². The van der Waals surface area contributed by atoms with Gasteiger partial charge in [-0.25, -0.2) is 11.1 Å². The maximum absolute atomic E-state index is 11.5. The number of aromatic hydroxyl groups is 1. The number of hydrogen-bond donors (Lipinski definition) is 2. The van der Waals surface area contributed by atoms with Gasteiger partial charge in [0.15, 0.2) is 0 Å². The fraction of sp³-hybridized carbons (Fsp3) is 0.429. The van der Waals surface area contributed by atoms with Crippen molar-refractivity contribution in [3.05, 3.63) is 29.8 Å². The Kier molecular flexibility index (Phi) is 7.98. The van der Waals surface area contributed by atoms with E-state index in [1.807, 2.05) is 0 Å². The molecule has 0 saturated carbocycles. The van der Waals surface area contributed by atoms with Crippen LogP contribution in [0.25, 0.3) is 0 Å². The summed E-state index contributed by atoms with van der Waals surface area (Å²) in [5.74, 6) is 0.149. The predicted octanol–water partition coefficient (Wildman–Crippen LogP) is 1.94. The van der Waals surface area contributed by atoms with Crippen LogP contribution >= 0.6 is 0 Å². The summed E-state index contributed by atoms with van der Waals surface area (Å²) < 4.78 is 5.06. The van der Waals surface area contributed by atoms with Gasteiger partial charge >= 0.3 is 6.09 Å². The molecule has 1 aromatic carbocycles. The van der Waals surface area contributed by atoms with Crippen LogP contribution in [0.1, 0.15) is 26.3 Å². The first kappa shape index (κ1) is 19.1. The van der Waals surface area contributed by atoms with Gasteiger partial charge in [0.25, 0.3) is 0 Å². The third-order valence-electron chi connectivity index (χ3n) is 2.21. The Hall–Kier alpha value is -0.936. The number of nitrogens with one attached hydrogen (secondary N) is 1. The number of alkyl carbamates (subject to hydrolysis) is 1. The fourth-order valence-corrected chi connectivity index (χ4v) is 1.44. The van der Waals surface area contributed by atoms with E-state index >= 15 is 0 Å². The molecular formula is C14H18NO4Y-. The summed E-state index contributed by atoms with van der Waals surface area (Å²) in [7, 11) is 0. The average molecular weight is 353 g/mol. The van der Waals surface area contributed by atoms with Gasteiger partial charge in [0.2, 0.25) is 0 Å². The molecule has 0 aliphatic carbocycles. The van der Waals surface area contributed by atoms with Crippen molar-refractivity contribution in [3.63, 3.8) is 0 Å². The number of carbonyl (C=O) groups excluding carboxylic acids is 2. The summed E-state index contributed by atoms with van der Waals surface area (Å²) >= 11 is 0. The Bertz CT molecular complexity index is 439. The predicted molar refractivity (Wildman–Crippen MR) is 70.7 cm³/mol. The van der Waals surface area contributed by atoms with Crippen molar-refractivity contribution in [2.24, 2.45) is 0 Å². The molecule has 0 heterocycles. The maximum Gasteiger partial charge on any atom is 0.405 e. The molecule has 1 amide bonds. The van der Waals surface area contributed by atoms with Crippen molar-refractivity contribution in [3.8, 4) is 5.75 Å². The Morgan fingerprint density at radius 3 is 2.35 bits per heavy atom. The van der Waals surface area contributed by atoms with Gasteiger partial charge < -0.3 is 20.0 Å². The van der Waals surface area contributed by atoms with E-state index in [-0.39, 0.29) is 38.5 Å². The van der Waals surface area contributed by atoms with Gasteiger partial charge in [0.05, 0.1) is 0 Å². The molecule has 0 bridgehead atoms. The Morgan fingerprint density at radius 2 is 1.90 bits per heavy atom. The van der Waals surface area contributed by atoms with Crippen LogP contribution in [0.5, 0.6) is 5.75 Å². The number of amides is 1. The maximum atomic E-state index is 11.5. The largest absolute Gasteiger partial charge is 0.540 e. The molecule has 1 rings (SSSR count). The van der Waals surface area contributed by atoms with Crippen molar-refractivity contribution >= 4 is 12.4 Å². The summed E-state index contributed by atoms with van der Waals surface area (Å²) in [6.45, 7) is 5.23. The molecule has 1 aromatic rings. The monoisotopic (exact) mass is 353 g/mol. The van der Waals surface area contributed by atoms with Crippen molar-refractivity contribution in [2.75, 3.05) is 0 Å². The molecule has 0 aromatic heterocycles. The van der Waals surface area contributed by atoms with Crippen LogP contribution in [0.3, 0.4) is 0 Å². The van der Waals surface area contributed by atoms with Crippen molar-refractivity contribution < 1.29 is 52.1 Å². The van der Waals surface area contributed by atoms with Crippen LogP contribution in [0, 0.1) is 0 Å². The van der Waals surface area contributed by atoms with Crippen molar-refractivity contribution in [2.45, 2.75) is 38.8 Å². The van der Waals surface area contributed by atoms with Crippen LogP contribution in [-0.4, -0.2) is 29.1 Å². The SMILES string of the molecule is CC(C)(C)OC(=O)N[C@H]([C-]=O)Cc1ccc(O)cc1.[Y]. The van der Waals surface area contributed by atoms with E-state index in [9.17, 15) is 9.59 Å². The quantitative estimate of drug-likeness (QED) is 0.812. The molecule has 0 aliphatic rings. The second-order valence-corrected chi connectivity index (χ2v) is 5.19. The third kappa shape index (κ3) is 7.60. The van der Waals surface area contributed by atoms with Gasteiger partial charge in [0.1, 0.15) is 11.4 Å². The summed E-state index contributed by atoms with van der Waals surface area (Å²) in [6, 6.07) is 5.61. The van der Waals surface area contributed by atoms with Crippen LogP contribution in [0.2, 0.25) is 0 Å². The molecule has 2 N–H and O–H groups in total. The van der Waals surface area contributed by atoms with Crippen LogP contribution in [0.15, 0.2) is 24.3 Å². The van der Waals surface area contributed by atoms with E-state index < -0.39 is 17.7 Å². The van der Waals surface area contributed by atoms with Gasteiger partial charge in [-0.1, -0.05) is 18.2 Å². The van der Waals surface area contributed by atoms with Gasteiger partial charge in [-0.05, 0) is 44.9 Å². The summed E-state index contributed by atoms with van der Waals surface area (Å²) in [4.78, 5) is 22.4. The van der Waals surface area contributed by atoms with E-state index in [2.05, 4.69) is 5.32 Å². The van der Waals surface area contributed by atoms with E-state index in [0.29, 0.717) is 6.42 Å². The molecule has 0 aliphatic heterocycles. The van der Waals surface area contributed by atoms with E-state index in [1.54, 1.807) is 39.2 Å². The molecule has 107 valence electrons. The second-order valence-electron chi connectivity index (χ2n) is 5.19. The fourth-order valence-electron chi connectivity index (χ4n) is 1.44. The molecular weight excluding hydrogens is 335 g/mol. The van der Waals surface area contributed by atoms with Crippen molar-refractivity contribution in [1.29, 1.82) is 0 Å². The van der Waals surface area contributed by atoms with E-state index in [4.69, 9.17) is 9.84 Å². The van der Waals surface area contributed by atoms with Gasteiger partial charge in [-0.3, -0.25) is 0 Å². The summed E-state index contributed by atoms with van der Waals surface area (Å²) in [5, 5.41) is 11.6. The second kappa shape index (κ2) is 8.37. The number of benzene rings is 1. The third-order valence-corrected chi connectivity index (χ3v) is 2.21. The zero-order valence-electron chi connectivity index (χ0n) is 11.8. The van der Waals surface area contributed by atoms with Gasteiger partial charge in [0, 0.05) is 32.7 Å². The van der Waals surface area contributed by atoms with Gasteiger partial charge in [-0.15, -0.1) is 0 Å². The molecule has 0 unspecified atom stereocenters. The van der Waals surface area contributed by atoms with Gasteiger partial charge in [-0.2, -0.15) is 0 Å². The zero-order chi connectivity index (χ0) is 14.5. The topological polar surface area (TPSA) is 75.6 Å². The van der Waals surface area contributed by atoms with Crippen LogP contribution in [0.4, 0.5) is 4.79 Å². The normalized spacial score (nSPS) is 11.9. The number of phenols is 1. The minimum atomic E-state index is -0.778. The Balaban J connectivity index is 0.00000361. The minimum absolute atomic E-state index is 0. The first-order valence-corrected chi connectivity index (χ1v) is 5.95. The molecule has 20 heavy (non-hydrogen) atoms. The number of rotatable bonds is 4. The minimum Gasteiger partial charge on any atom is -0.540 e. The van der Waals surface area contributed by atoms with E-state index in [1.165, 1.54) is 12.1 Å². The molecule has 1 atom stereocenters. The van der Waals surface area contributed by atoms with Crippen LogP contribution in [-0.2, 0) is 48.7 Å². The molecule has 5 nitrogen and oxygen atoms in total. The molecule has 6 heteroatoms. The zero-order valence-corrected chi connectivity index (χ0v) is 14.7. The molecule has 0 fully saturated rings. The first-order chi connectivity index (χ1) is 8.80. The summed E-state index contributed by atoms with van der Waals surface area (Å²) in [6.07, 6.45) is 1.40. The van der Waals surface area contributed by atoms with Crippen LogP contribution < -0.4 is 5.32 Å². The van der Waals surface area contributed by atoms with Crippen molar-refractivity contribution in [1.82, 2.24) is 5.32 Å².